The van der Waals surface area contributed by atoms with Crippen LogP contribution in [-0.2, 0) is 0 Å². The first kappa shape index (κ1) is 16.0. The van der Waals surface area contributed by atoms with E-state index in [0.29, 0.717) is 17.2 Å². The van der Waals surface area contributed by atoms with E-state index in [1.54, 1.807) is 23.2 Å². The molecule has 1 atom stereocenters. The van der Waals surface area contributed by atoms with Crippen LogP contribution >= 0.6 is 15.9 Å². The van der Waals surface area contributed by atoms with Crippen LogP contribution in [0.5, 0.6) is 11.6 Å². The van der Waals surface area contributed by atoms with E-state index in [0.717, 1.165) is 24.0 Å². The summed E-state index contributed by atoms with van der Waals surface area (Å²) in [6.07, 6.45) is 2.55. The normalized spacial score (nSPS) is 17.0. The number of likely N-dealkylation sites (N-methyl/N-ethyl adjacent to an activating group) is 1. The molecule has 1 aliphatic rings. The molecule has 0 aliphatic carbocycles. The first-order valence-corrected chi connectivity index (χ1v) is 8.31. The van der Waals surface area contributed by atoms with Gasteiger partial charge in [-0.1, -0.05) is 12.1 Å². The molecule has 2 heterocycles. The molecule has 1 saturated heterocycles. The van der Waals surface area contributed by atoms with E-state index >= 15 is 0 Å². The number of hydrogen-bond donors (Lipinski definition) is 1. The molecular weight excluding hydrogens is 358 g/mol. The molecule has 1 aromatic heterocycles. The average molecular weight is 376 g/mol. The minimum absolute atomic E-state index is 0.0151. The van der Waals surface area contributed by atoms with Gasteiger partial charge in [-0.3, -0.25) is 4.79 Å². The zero-order chi connectivity index (χ0) is 16.2. The molecule has 0 bridgehead atoms. The fourth-order valence-electron chi connectivity index (χ4n) is 2.55. The van der Waals surface area contributed by atoms with Crippen LogP contribution in [0.2, 0.25) is 0 Å². The van der Waals surface area contributed by atoms with Gasteiger partial charge < -0.3 is 15.0 Å². The molecule has 1 aliphatic heterocycles. The molecule has 3 rings (SSSR count). The summed E-state index contributed by atoms with van der Waals surface area (Å²) < 4.78 is 6.57. The Balaban J connectivity index is 1.69. The van der Waals surface area contributed by atoms with Crippen molar-refractivity contribution < 1.29 is 9.53 Å². The molecule has 120 valence electrons. The number of para-hydroxylation sites is 1. The van der Waals surface area contributed by atoms with Crippen LogP contribution in [0.15, 0.2) is 47.1 Å². The van der Waals surface area contributed by atoms with Crippen molar-refractivity contribution in [1.29, 1.82) is 0 Å². The average Bonchev–Trinajstić information content (AvgIpc) is 3.11. The number of benzene rings is 1. The number of ether oxygens (including phenoxy) is 1. The summed E-state index contributed by atoms with van der Waals surface area (Å²) in [5, 5.41) is 3.27. The number of halogens is 1. The highest BCUT2D eigenvalue weighted by Crippen LogP contribution is 2.28. The lowest BCUT2D eigenvalue weighted by Gasteiger charge is -2.23. The van der Waals surface area contributed by atoms with E-state index in [4.69, 9.17) is 4.74 Å². The summed E-state index contributed by atoms with van der Waals surface area (Å²) in [5.74, 6) is 1.13. The number of pyridine rings is 1. The molecule has 1 N–H and O–H groups in total. The third-order valence-corrected chi connectivity index (χ3v) is 4.59. The van der Waals surface area contributed by atoms with Crippen molar-refractivity contribution in [3.8, 4) is 11.6 Å². The van der Waals surface area contributed by atoms with Crippen molar-refractivity contribution in [1.82, 2.24) is 15.2 Å². The number of nitrogens with zero attached hydrogens (tertiary/aromatic N) is 2. The Hall–Kier alpha value is -1.92. The molecule has 0 radical (unpaired) electrons. The molecule has 0 spiro atoms. The predicted molar refractivity (Wildman–Crippen MR) is 91.8 cm³/mol. The van der Waals surface area contributed by atoms with Gasteiger partial charge in [0.2, 0.25) is 5.88 Å². The quantitative estimate of drug-likeness (QED) is 0.891. The van der Waals surface area contributed by atoms with Crippen molar-refractivity contribution in [3.05, 3.63) is 52.6 Å². The molecule has 6 heteroatoms. The van der Waals surface area contributed by atoms with Crippen molar-refractivity contribution in [3.63, 3.8) is 0 Å². The number of nitrogens with one attached hydrogen (secondary N) is 1. The molecule has 23 heavy (non-hydrogen) atoms. The lowest BCUT2D eigenvalue weighted by atomic mass is 10.2. The van der Waals surface area contributed by atoms with Gasteiger partial charge in [0.05, 0.1) is 10.0 Å². The van der Waals surface area contributed by atoms with E-state index in [-0.39, 0.29) is 11.9 Å². The first-order chi connectivity index (χ1) is 11.1. The van der Waals surface area contributed by atoms with Crippen LogP contribution in [-0.4, -0.2) is 42.0 Å². The number of amides is 1. The number of carbonyl (C=O) groups is 1. The highest BCUT2D eigenvalue weighted by atomic mass is 79.9. The maximum absolute atomic E-state index is 12.5. The van der Waals surface area contributed by atoms with Gasteiger partial charge in [-0.15, -0.1) is 0 Å². The highest BCUT2D eigenvalue weighted by molar-refractivity contribution is 9.10. The van der Waals surface area contributed by atoms with Gasteiger partial charge in [-0.25, -0.2) is 4.98 Å². The monoisotopic (exact) mass is 375 g/mol. The standard InChI is InChI=1S/C17H18BrN3O2/c1-21(13-8-9-19-11-13)17(22)12-6-7-16(20-10-12)23-15-5-3-2-4-14(15)18/h2-7,10,13,19H,8-9,11H2,1H3/t13-/m0/s1. The Morgan fingerprint density at radius 2 is 2.17 bits per heavy atom. The summed E-state index contributed by atoms with van der Waals surface area (Å²) >= 11 is 3.43. The number of hydrogen-bond acceptors (Lipinski definition) is 4. The Morgan fingerprint density at radius 3 is 2.83 bits per heavy atom. The van der Waals surface area contributed by atoms with Gasteiger partial charge in [0.25, 0.3) is 5.91 Å². The highest BCUT2D eigenvalue weighted by Gasteiger charge is 2.24. The Morgan fingerprint density at radius 1 is 1.35 bits per heavy atom. The van der Waals surface area contributed by atoms with Gasteiger partial charge >= 0.3 is 0 Å². The van der Waals surface area contributed by atoms with Gasteiger partial charge in [0, 0.05) is 31.9 Å². The second-order valence-electron chi connectivity index (χ2n) is 5.48. The fraction of sp³-hybridized carbons (Fsp3) is 0.294. The largest absolute Gasteiger partial charge is 0.438 e. The zero-order valence-electron chi connectivity index (χ0n) is 12.8. The van der Waals surface area contributed by atoms with E-state index in [2.05, 4.69) is 26.2 Å². The maximum Gasteiger partial charge on any atom is 0.255 e. The smallest absolute Gasteiger partial charge is 0.255 e. The first-order valence-electron chi connectivity index (χ1n) is 7.51. The molecule has 2 aromatic rings. The topological polar surface area (TPSA) is 54.5 Å². The number of carbonyl (C=O) groups excluding carboxylic acids is 1. The predicted octanol–water partition coefficient (Wildman–Crippen LogP) is 3.07. The Labute approximate surface area is 143 Å². The third-order valence-electron chi connectivity index (χ3n) is 3.94. The molecular formula is C17H18BrN3O2. The summed E-state index contributed by atoms with van der Waals surface area (Å²) in [5.41, 5.74) is 0.568. The second kappa shape index (κ2) is 7.10. The van der Waals surface area contributed by atoms with Gasteiger partial charge in [-0.2, -0.15) is 0 Å². The zero-order valence-corrected chi connectivity index (χ0v) is 14.4. The summed E-state index contributed by atoms with van der Waals surface area (Å²) in [6, 6.07) is 11.3. The molecule has 1 aromatic carbocycles. The van der Waals surface area contributed by atoms with Gasteiger partial charge in [-0.05, 0) is 47.1 Å². The lowest BCUT2D eigenvalue weighted by molar-refractivity contribution is 0.0743. The summed E-state index contributed by atoms with van der Waals surface area (Å²) in [4.78, 5) is 18.5. The van der Waals surface area contributed by atoms with Gasteiger partial charge in [0.15, 0.2) is 0 Å². The Bertz CT molecular complexity index is 684. The van der Waals surface area contributed by atoms with Crippen LogP contribution in [0.3, 0.4) is 0 Å². The van der Waals surface area contributed by atoms with Crippen LogP contribution < -0.4 is 10.1 Å². The van der Waals surface area contributed by atoms with Crippen molar-refractivity contribution in [2.75, 3.05) is 20.1 Å². The minimum Gasteiger partial charge on any atom is -0.438 e. The minimum atomic E-state index is -0.0151. The summed E-state index contributed by atoms with van der Waals surface area (Å²) in [6.45, 7) is 1.80. The third kappa shape index (κ3) is 3.71. The van der Waals surface area contributed by atoms with E-state index in [1.165, 1.54) is 0 Å². The van der Waals surface area contributed by atoms with Crippen molar-refractivity contribution in [2.45, 2.75) is 12.5 Å². The van der Waals surface area contributed by atoms with Crippen molar-refractivity contribution >= 4 is 21.8 Å². The lowest BCUT2D eigenvalue weighted by Crippen LogP contribution is -2.38. The van der Waals surface area contributed by atoms with Crippen LogP contribution in [0.4, 0.5) is 0 Å². The maximum atomic E-state index is 12.5. The molecule has 1 fully saturated rings. The second-order valence-corrected chi connectivity index (χ2v) is 6.33. The molecule has 0 saturated carbocycles. The van der Waals surface area contributed by atoms with Crippen LogP contribution in [0, 0.1) is 0 Å². The van der Waals surface area contributed by atoms with Crippen LogP contribution in [0.25, 0.3) is 0 Å². The summed E-state index contributed by atoms with van der Waals surface area (Å²) in [7, 11) is 1.84. The van der Waals surface area contributed by atoms with E-state index in [9.17, 15) is 4.79 Å². The molecule has 1 amide bonds. The molecule has 0 unspecified atom stereocenters. The van der Waals surface area contributed by atoms with E-state index < -0.39 is 0 Å². The van der Waals surface area contributed by atoms with Crippen molar-refractivity contribution in [2.24, 2.45) is 0 Å². The number of rotatable bonds is 4. The SMILES string of the molecule is CN(C(=O)c1ccc(Oc2ccccc2Br)nc1)[C@H]1CCNC1. The number of aromatic nitrogens is 1. The van der Waals surface area contributed by atoms with Gasteiger partial charge in [0.1, 0.15) is 5.75 Å². The molecule has 5 nitrogen and oxygen atoms in total. The fourth-order valence-corrected chi connectivity index (χ4v) is 2.91. The van der Waals surface area contributed by atoms with E-state index in [1.807, 2.05) is 31.3 Å². The Kier molecular flexibility index (Phi) is 4.93. The van der Waals surface area contributed by atoms with Crippen LogP contribution in [0.1, 0.15) is 16.8 Å².